The SMILES string of the molecule is CCN(Cc1cc(=O)n2c(C)csc2n1)c1cccc(C)c1. The van der Waals surface area contributed by atoms with Crippen LogP contribution in [0.1, 0.15) is 23.9 Å². The zero-order valence-corrected chi connectivity index (χ0v) is 13.9. The number of hydrogen-bond donors (Lipinski definition) is 0. The highest BCUT2D eigenvalue weighted by molar-refractivity contribution is 7.15. The zero-order chi connectivity index (χ0) is 15.7. The predicted molar refractivity (Wildman–Crippen MR) is 92.0 cm³/mol. The van der Waals surface area contributed by atoms with Crippen molar-refractivity contribution in [3.05, 3.63) is 63.0 Å². The highest BCUT2D eigenvalue weighted by Crippen LogP contribution is 2.18. The van der Waals surface area contributed by atoms with Crippen molar-refractivity contribution in [2.75, 3.05) is 11.4 Å². The highest BCUT2D eigenvalue weighted by atomic mass is 32.1. The number of benzene rings is 1. The molecule has 4 nitrogen and oxygen atoms in total. The first kappa shape index (κ1) is 14.8. The Labute approximate surface area is 133 Å². The molecule has 0 saturated carbocycles. The molecular weight excluding hydrogens is 294 g/mol. The summed E-state index contributed by atoms with van der Waals surface area (Å²) in [5, 5.41) is 1.96. The Kier molecular flexibility index (Phi) is 3.98. The number of fused-ring (bicyclic) bond motifs is 1. The molecule has 3 aromatic rings. The van der Waals surface area contributed by atoms with E-state index in [4.69, 9.17) is 0 Å². The minimum absolute atomic E-state index is 0.000884. The molecule has 0 bridgehead atoms. The second-order valence-corrected chi connectivity index (χ2v) is 6.27. The molecule has 5 heteroatoms. The van der Waals surface area contributed by atoms with Gasteiger partial charge in [0.1, 0.15) is 0 Å². The van der Waals surface area contributed by atoms with Crippen LogP contribution in [0.3, 0.4) is 0 Å². The third-order valence-corrected chi connectivity index (χ3v) is 4.67. The van der Waals surface area contributed by atoms with Gasteiger partial charge in [0, 0.05) is 29.4 Å². The fraction of sp³-hybridized carbons (Fsp3) is 0.294. The van der Waals surface area contributed by atoms with Crippen molar-refractivity contribution < 1.29 is 0 Å². The van der Waals surface area contributed by atoms with Crippen LogP contribution in [0.2, 0.25) is 0 Å². The standard InChI is InChI=1S/C17H19N3OS/c1-4-19(15-7-5-6-12(2)8-15)10-14-9-16(21)20-13(3)11-22-17(20)18-14/h5-9,11H,4,10H2,1-3H3. The van der Waals surface area contributed by atoms with Gasteiger partial charge in [-0.05, 0) is 38.5 Å². The Hall–Kier alpha value is -2.14. The van der Waals surface area contributed by atoms with Crippen LogP contribution in [0.15, 0.2) is 40.5 Å². The molecular formula is C17H19N3OS. The summed E-state index contributed by atoms with van der Waals surface area (Å²) in [6.07, 6.45) is 0. The molecule has 0 unspecified atom stereocenters. The smallest absolute Gasteiger partial charge is 0.259 e. The van der Waals surface area contributed by atoms with Gasteiger partial charge in [-0.25, -0.2) is 4.98 Å². The first-order valence-electron chi connectivity index (χ1n) is 7.37. The molecule has 0 amide bonds. The van der Waals surface area contributed by atoms with E-state index in [1.165, 1.54) is 16.9 Å². The average Bonchev–Trinajstić information content (AvgIpc) is 2.86. The van der Waals surface area contributed by atoms with Crippen LogP contribution in [0.4, 0.5) is 5.69 Å². The Morgan fingerprint density at radius 1 is 1.27 bits per heavy atom. The van der Waals surface area contributed by atoms with Crippen LogP contribution in [-0.2, 0) is 6.54 Å². The first-order valence-corrected chi connectivity index (χ1v) is 8.25. The number of aromatic nitrogens is 2. The molecule has 3 rings (SSSR count). The minimum Gasteiger partial charge on any atom is -0.366 e. The quantitative estimate of drug-likeness (QED) is 0.741. The Bertz CT molecular complexity index is 866. The molecule has 0 aliphatic rings. The maximum absolute atomic E-state index is 12.3. The predicted octanol–water partition coefficient (Wildman–Crippen LogP) is 3.40. The van der Waals surface area contributed by atoms with Crippen LogP contribution < -0.4 is 10.5 Å². The average molecular weight is 313 g/mol. The lowest BCUT2D eigenvalue weighted by atomic mass is 10.2. The normalized spacial score (nSPS) is 11.0. The third-order valence-electron chi connectivity index (χ3n) is 3.73. The zero-order valence-electron chi connectivity index (χ0n) is 13.0. The molecule has 0 radical (unpaired) electrons. The van der Waals surface area contributed by atoms with Crippen LogP contribution >= 0.6 is 11.3 Å². The molecule has 114 valence electrons. The van der Waals surface area contributed by atoms with E-state index in [1.807, 2.05) is 12.3 Å². The maximum Gasteiger partial charge on any atom is 0.259 e. The Morgan fingerprint density at radius 2 is 2.09 bits per heavy atom. The lowest BCUT2D eigenvalue weighted by Gasteiger charge is -2.23. The third kappa shape index (κ3) is 2.76. The van der Waals surface area contributed by atoms with E-state index >= 15 is 0 Å². The summed E-state index contributed by atoms with van der Waals surface area (Å²) in [4.78, 5) is 19.9. The summed E-state index contributed by atoms with van der Waals surface area (Å²) in [5.74, 6) is 0. The molecule has 1 aromatic carbocycles. The Morgan fingerprint density at radius 3 is 2.82 bits per heavy atom. The largest absolute Gasteiger partial charge is 0.366 e. The summed E-state index contributed by atoms with van der Waals surface area (Å²) in [7, 11) is 0. The van der Waals surface area contributed by atoms with Gasteiger partial charge in [-0.3, -0.25) is 9.20 Å². The Balaban J connectivity index is 1.95. The second-order valence-electron chi connectivity index (χ2n) is 5.43. The van der Waals surface area contributed by atoms with Crippen molar-refractivity contribution in [2.24, 2.45) is 0 Å². The van der Waals surface area contributed by atoms with Crippen molar-refractivity contribution in [1.82, 2.24) is 9.38 Å². The van der Waals surface area contributed by atoms with Crippen LogP contribution in [-0.4, -0.2) is 15.9 Å². The van der Waals surface area contributed by atoms with Crippen molar-refractivity contribution >= 4 is 22.0 Å². The van der Waals surface area contributed by atoms with E-state index in [-0.39, 0.29) is 5.56 Å². The van der Waals surface area contributed by atoms with Crippen LogP contribution in [0, 0.1) is 13.8 Å². The summed E-state index contributed by atoms with van der Waals surface area (Å²) in [6.45, 7) is 7.64. The summed E-state index contributed by atoms with van der Waals surface area (Å²) in [6, 6.07) is 10.0. The molecule has 0 aliphatic carbocycles. The highest BCUT2D eigenvalue weighted by Gasteiger charge is 2.10. The number of rotatable bonds is 4. The van der Waals surface area contributed by atoms with Crippen molar-refractivity contribution in [1.29, 1.82) is 0 Å². The van der Waals surface area contributed by atoms with E-state index in [0.29, 0.717) is 6.54 Å². The van der Waals surface area contributed by atoms with Crippen LogP contribution in [0.5, 0.6) is 0 Å². The molecule has 2 aromatic heterocycles. The van der Waals surface area contributed by atoms with Gasteiger partial charge in [-0.15, -0.1) is 11.3 Å². The number of thiazole rings is 1. The molecule has 0 N–H and O–H groups in total. The summed E-state index contributed by atoms with van der Waals surface area (Å²) < 4.78 is 1.66. The fourth-order valence-electron chi connectivity index (χ4n) is 2.59. The second kappa shape index (κ2) is 5.93. The topological polar surface area (TPSA) is 37.6 Å². The van der Waals surface area contributed by atoms with Crippen molar-refractivity contribution in [3.63, 3.8) is 0 Å². The molecule has 0 aliphatic heterocycles. The van der Waals surface area contributed by atoms with Gasteiger partial charge < -0.3 is 4.90 Å². The van der Waals surface area contributed by atoms with Gasteiger partial charge in [-0.1, -0.05) is 12.1 Å². The molecule has 2 heterocycles. The van der Waals surface area contributed by atoms with E-state index in [0.717, 1.165) is 28.6 Å². The van der Waals surface area contributed by atoms with Gasteiger partial charge in [0.15, 0.2) is 4.96 Å². The maximum atomic E-state index is 12.3. The molecule has 22 heavy (non-hydrogen) atoms. The van der Waals surface area contributed by atoms with E-state index in [2.05, 4.69) is 48.0 Å². The number of hydrogen-bond acceptors (Lipinski definition) is 4. The van der Waals surface area contributed by atoms with E-state index < -0.39 is 0 Å². The number of aryl methyl sites for hydroxylation is 2. The van der Waals surface area contributed by atoms with Gasteiger partial charge in [0.25, 0.3) is 5.56 Å². The van der Waals surface area contributed by atoms with Crippen molar-refractivity contribution in [2.45, 2.75) is 27.3 Å². The molecule has 0 fully saturated rings. The molecule has 0 atom stereocenters. The first-order chi connectivity index (χ1) is 10.6. The van der Waals surface area contributed by atoms with Gasteiger partial charge in [0.2, 0.25) is 0 Å². The van der Waals surface area contributed by atoms with E-state index in [1.54, 1.807) is 10.5 Å². The lowest BCUT2D eigenvalue weighted by Crippen LogP contribution is -2.24. The van der Waals surface area contributed by atoms with Gasteiger partial charge >= 0.3 is 0 Å². The van der Waals surface area contributed by atoms with Crippen LogP contribution in [0.25, 0.3) is 4.96 Å². The summed E-state index contributed by atoms with van der Waals surface area (Å²) >= 11 is 1.51. The van der Waals surface area contributed by atoms with Gasteiger partial charge in [0.05, 0.1) is 12.2 Å². The number of nitrogens with zero attached hydrogens (tertiary/aromatic N) is 3. The summed E-state index contributed by atoms with van der Waals surface area (Å²) in [5.41, 5.74) is 4.14. The van der Waals surface area contributed by atoms with E-state index in [9.17, 15) is 4.79 Å². The molecule has 0 spiro atoms. The van der Waals surface area contributed by atoms with Gasteiger partial charge in [-0.2, -0.15) is 0 Å². The molecule has 0 saturated heterocycles. The van der Waals surface area contributed by atoms with Crippen molar-refractivity contribution in [3.8, 4) is 0 Å². The fourth-order valence-corrected chi connectivity index (χ4v) is 3.48. The lowest BCUT2D eigenvalue weighted by molar-refractivity contribution is 0.804. The minimum atomic E-state index is -0.000884. The number of anilines is 1. The monoisotopic (exact) mass is 313 g/mol.